The average molecular weight is 505 g/mol. The zero-order valence-corrected chi connectivity index (χ0v) is 22.4. The Kier molecular flexibility index (Phi) is 8.12. The van der Waals surface area contributed by atoms with Crippen LogP contribution in [0.2, 0.25) is 5.04 Å². The molecule has 3 aromatic rings. The van der Waals surface area contributed by atoms with E-state index in [0.29, 0.717) is 12.2 Å². The van der Waals surface area contributed by atoms with Crippen molar-refractivity contribution < 1.29 is 24.1 Å². The van der Waals surface area contributed by atoms with Gasteiger partial charge in [0.05, 0.1) is 20.3 Å². The minimum absolute atomic E-state index is 0.178. The molecular weight excluding hydrogens is 468 g/mol. The first-order valence-electron chi connectivity index (χ1n) is 12.3. The molecule has 3 aromatic carbocycles. The molecule has 0 amide bonds. The Morgan fingerprint density at radius 3 is 1.83 bits per heavy atom. The highest BCUT2D eigenvalue weighted by molar-refractivity contribution is 6.99. The van der Waals surface area contributed by atoms with Crippen LogP contribution in [0, 0.1) is 0 Å². The Morgan fingerprint density at radius 2 is 1.33 bits per heavy atom. The molecule has 3 atom stereocenters. The number of aliphatic hydroxyl groups is 2. The number of hydrogen-bond acceptors (Lipinski definition) is 5. The van der Waals surface area contributed by atoms with Gasteiger partial charge in [0.2, 0.25) is 0 Å². The van der Waals surface area contributed by atoms with Crippen molar-refractivity contribution in [1.29, 1.82) is 0 Å². The van der Waals surface area contributed by atoms with Gasteiger partial charge in [0.15, 0.2) is 0 Å². The maximum atomic E-state index is 10.9. The Bertz CT molecular complexity index is 1100. The molecule has 0 aromatic heterocycles. The van der Waals surface area contributed by atoms with Crippen molar-refractivity contribution in [3.63, 3.8) is 0 Å². The molecular formula is C30H36O5Si. The summed E-state index contributed by atoms with van der Waals surface area (Å²) in [5.74, 6) is 0.776. The van der Waals surface area contributed by atoms with Crippen LogP contribution >= 0.6 is 0 Å². The third kappa shape index (κ3) is 5.33. The van der Waals surface area contributed by atoms with E-state index in [1.165, 1.54) is 10.4 Å². The van der Waals surface area contributed by atoms with Crippen LogP contribution in [-0.2, 0) is 15.8 Å². The largest absolute Gasteiger partial charge is 0.497 e. The molecule has 5 nitrogen and oxygen atoms in total. The van der Waals surface area contributed by atoms with Crippen molar-refractivity contribution in [2.45, 2.75) is 50.7 Å². The number of ether oxygens (including phenoxy) is 2. The molecule has 0 heterocycles. The Balaban J connectivity index is 1.57. The van der Waals surface area contributed by atoms with Gasteiger partial charge in [0, 0.05) is 0 Å². The minimum atomic E-state index is -2.76. The van der Waals surface area contributed by atoms with Gasteiger partial charge in [-0.2, -0.15) is 0 Å². The fourth-order valence-electron chi connectivity index (χ4n) is 4.95. The lowest BCUT2D eigenvalue weighted by Gasteiger charge is -2.43. The molecule has 0 saturated carbocycles. The van der Waals surface area contributed by atoms with Crippen molar-refractivity contribution in [3.8, 4) is 5.75 Å². The van der Waals surface area contributed by atoms with Gasteiger partial charge >= 0.3 is 0 Å². The lowest BCUT2D eigenvalue weighted by molar-refractivity contribution is -0.0518. The SMILES string of the molecule is COc1ccc(CO[C@H]2C=C(CO[Si](c3ccccc3)(c3ccccc3)C(C)(C)C)[C@H](O)C2O)cc1. The number of benzene rings is 3. The summed E-state index contributed by atoms with van der Waals surface area (Å²) < 4.78 is 18.1. The monoisotopic (exact) mass is 504 g/mol. The van der Waals surface area contributed by atoms with Crippen LogP contribution in [0.1, 0.15) is 26.3 Å². The summed E-state index contributed by atoms with van der Waals surface area (Å²) >= 11 is 0. The smallest absolute Gasteiger partial charge is 0.261 e. The normalized spacial score (nSPS) is 20.3. The number of hydrogen-bond donors (Lipinski definition) is 2. The van der Waals surface area contributed by atoms with Crippen LogP contribution in [0.5, 0.6) is 5.75 Å². The fourth-order valence-corrected chi connectivity index (χ4v) is 9.49. The van der Waals surface area contributed by atoms with E-state index < -0.39 is 26.6 Å². The lowest BCUT2D eigenvalue weighted by Crippen LogP contribution is -2.66. The van der Waals surface area contributed by atoms with Crippen LogP contribution in [0.3, 0.4) is 0 Å². The van der Waals surface area contributed by atoms with E-state index in [-0.39, 0.29) is 11.6 Å². The highest BCUT2D eigenvalue weighted by Gasteiger charge is 2.50. The van der Waals surface area contributed by atoms with Crippen molar-refractivity contribution in [3.05, 3.63) is 102 Å². The summed E-state index contributed by atoms with van der Waals surface area (Å²) in [7, 11) is -1.13. The molecule has 2 N–H and O–H groups in total. The average Bonchev–Trinajstić information content (AvgIpc) is 3.16. The first kappa shape index (κ1) is 26.3. The van der Waals surface area contributed by atoms with Crippen LogP contribution in [0.15, 0.2) is 96.6 Å². The summed E-state index contributed by atoms with van der Waals surface area (Å²) in [5, 5.41) is 23.7. The summed E-state index contributed by atoms with van der Waals surface area (Å²) in [6, 6.07) is 28.4. The Morgan fingerprint density at radius 1 is 0.778 bits per heavy atom. The second kappa shape index (κ2) is 11.1. The molecule has 1 aliphatic rings. The molecule has 0 radical (unpaired) electrons. The van der Waals surface area contributed by atoms with Crippen LogP contribution in [-0.4, -0.2) is 50.6 Å². The molecule has 0 fully saturated rings. The van der Waals surface area contributed by atoms with Gasteiger partial charge in [-0.1, -0.05) is 93.6 Å². The molecule has 0 spiro atoms. The molecule has 0 bridgehead atoms. The van der Waals surface area contributed by atoms with Crippen LogP contribution in [0.25, 0.3) is 0 Å². The lowest BCUT2D eigenvalue weighted by atomic mass is 10.1. The molecule has 36 heavy (non-hydrogen) atoms. The standard InChI is InChI=1S/C30H36O5Si/c1-30(2,3)36(25-11-7-5-8-12-25,26-13-9-6-10-14-26)35-21-23-19-27(29(32)28(23)31)34-20-22-15-17-24(33-4)18-16-22/h5-19,27-29,31-32H,20-21H2,1-4H3/t27-,28-,29?/m0/s1. The minimum Gasteiger partial charge on any atom is -0.497 e. The highest BCUT2D eigenvalue weighted by atomic mass is 28.4. The second-order valence-corrected chi connectivity index (χ2v) is 14.6. The van der Waals surface area contributed by atoms with E-state index >= 15 is 0 Å². The van der Waals surface area contributed by atoms with Gasteiger partial charge < -0.3 is 24.1 Å². The van der Waals surface area contributed by atoms with Gasteiger partial charge in [0.1, 0.15) is 24.1 Å². The van der Waals surface area contributed by atoms with Gasteiger partial charge in [-0.15, -0.1) is 0 Å². The predicted octanol–water partition coefficient (Wildman–Crippen LogP) is 3.82. The van der Waals surface area contributed by atoms with Gasteiger partial charge in [-0.3, -0.25) is 0 Å². The zero-order valence-electron chi connectivity index (χ0n) is 21.4. The molecule has 1 unspecified atom stereocenters. The Labute approximate surface area is 215 Å². The Hall–Kier alpha value is -2.74. The van der Waals surface area contributed by atoms with E-state index in [1.807, 2.05) is 66.7 Å². The molecule has 0 saturated heterocycles. The summed E-state index contributed by atoms with van der Waals surface area (Å²) in [4.78, 5) is 0. The van der Waals surface area contributed by atoms with Crippen molar-refractivity contribution in [2.75, 3.05) is 13.7 Å². The van der Waals surface area contributed by atoms with E-state index in [2.05, 4.69) is 45.0 Å². The quantitative estimate of drug-likeness (QED) is 0.343. The molecule has 0 aliphatic heterocycles. The van der Waals surface area contributed by atoms with E-state index in [0.717, 1.165) is 11.3 Å². The van der Waals surface area contributed by atoms with Crippen molar-refractivity contribution in [2.24, 2.45) is 0 Å². The maximum absolute atomic E-state index is 10.9. The molecule has 190 valence electrons. The number of rotatable bonds is 9. The zero-order chi connectivity index (χ0) is 25.8. The van der Waals surface area contributed by atoms with Crippen LogP contribution in [0.4, 0.5) is 0 Å². The maximum Gasteiger partial charge on any atom is 0.261 e. The highest BCUT2D eigenvalue weighted by Crippen LogP contribution is 2.37. The van der Waals surface area contributed by atoms with E-state index in [1.54, 1.807) is 7.11 Å². The summed E-state index contributed by atoms with van der Waals surface area (Å²) in [5.41, 5.74) is 1.61. The third-order valence-corrected chi connectivity index (χ3v) is 11.9. The van der Waals surface area contributed by atoms with Crippen molar-refractivity contribution >= 4 is 18.7 Å². The number of methoxy groups -OCH3 is 1. The van der Waals surface area contributed by atoms with E-state index in [9.17, 15) is 10.2 Å². The summed E-state index contributed by atoms with van der Waals surface area (Å²) in [6.45, 7) is 7.18. The van der Waals surface area contributed by atoms with Gasteiger partial charge in [0.25, 0.3) is 8.32 Å². The first-order valence-corrected chi connectivity index (χ1v) is 14.2. The fraction of sp³-hybridized carbons (Fsp3) is 0.333. The van der Waals surface area contributed by atoms with Gasteiger partial charge in [-0.25, -0.2) is 0 Å². The van der Waals surface area contributed by atoms with Crippen LogP contribution < -0.4 is 15.1 Å². The topological polar surface area (TPSA) is 68.2 Å². The second-order valence-electron chi connectivity index (χ2n) is 10.3. The molecule has 1 aliphatic carbocycles. The first-order chi connectivity index (χ1) is 17.3. The predicted molar refractivity (Wildman–Crippen MR) is 145 cm³/mol. The van der Waals surface area contributed by atoms with Gasteiger partial charge in [-0.05, 0) is 44.8 Å². The number of aliphatic hydroxyl groups excluding tert-OH is 2. The molecule has 6 heteroatoms. The van der Waals surface area contributed by atoms with Crippen molar-refractivity contribution in [1.82, 2.24) is 0 Å². The summed E-state index contributed by atoms with van der Waals surface area (Å²) in [6.07, 6.45) is -0.874. The van der Waals surface area contributed by atoms with E-state index in [4.69, 9.17) is 13.9 Å². The third-order valence-electron chi connectivity index (χ3n) is 6.89. The molecule has 4 rings (SSSR count).